The molecule has 0 spiro atoms. The number of amides is 1. The standard InChI is InChI=1S/C17H15Cl4N3OS/c1-10-5-7-13(8-6-10)22-16(26)24-15(17(19,20)21)23-14(25)11-3-2-4-12(18)9-11/h2-9,15H,1H3,(H,23,25)(H2,22,24,26). The number of alkyl halides is 3. The Balaban J connectivity index is 2.06. The molecule has 0 aromatic heterocycles. The van der Waals surface area contributed by atoms with E-state index in [4.69, 9.17) is 58.6 Å². The maximum absolute atomic E-state index is 12.4. The Hall–Kier alpha value is -1.24. The molecule has 0 saturated carbocycles. The van der Waals surface area contributed by atoms with Gasteiger partial charge in [0.1, 0.15) is 6.17 Å². The van der Waals surface area contributed by atoms with Crippen molar-refractivity contribution in [2.75, 3.05) is 5.32 Å². The molecule has 26 heavy (non-hydrogen) atoms. The van der Waals surface area contributed by atoms with Gasteiger partial charge in [-0.05, 0) is 49.5 Å². The van der Waals surface area contributed by atoms with Crippen LogP contribution in [0.1, 0.15) is 15.9 Å². The number of hydrogen-bond acceptors (Lipinski definition) is 2. The second-order valence-corrected chi connectivity index (χ2v) is 8.64. The average Bonchev–Trinajstić information content (AvgIpc) is 2.55. The van der Waals surface area contributed by atoms with Gasteiger partial charge in [-0.3, -0.25) is 4.79 Å². The lowest BCUT2D eigenvalue weighted by atomic mass is 10.2. The molecule has 0 aliphatic rings. The highest BCUT2D eigenvalue weighted by molar-refractivity contribution is 7.80. The number of rotatable bonds is 4. The number of halogens is 4. The lowest BCUT2D eigenvalue weighted by Crippen LogP contribution is -2.56. The van der Waals surface area contributed by atoms with E-state index >= 15 is 0 Å². The van der Waals surface area contributed by atoms with Crippen molar-refractivity contribution in [2.45, 2.75) is 16.9 Å². The molecule has 0 heterocycles. The molecule has 0 bridgehead atoms. The van der Waals surface area contributed by atoms with Crippen LogP contribution in [0.25, 0.3) is 0 Å². The Morgan fingerprint density at radius 2 is 1.73 bits per heavy atom. The Morgan fingerprint density at radius 1 is 1.08 bits per heavy atom. The molecule has 2 rings (SSSR count). The fourth-order valence-electron chi connectivity index (χ4n) is 1.98. The van der Waals surface area contributed by atoms with Crippen LogP contribution in [0.2, 0.25) is 5.02 Å². The zero-order chi connectivity index (χ0) is 19.3. The van der Waals surface area contributed by atoms with Gasteiger partial charge in [0.25, 0.3) is 5.91 Å². The van der Waals surface area contributed by atoms with E-state index in [1.807, 2.05) is 31.2 Å². The molecule has 0 aliphatic heterocycles. The minimum absolute atomic E-state index is 0.191. The van der Waals surface area contributed by atoms with Crippen molar-refractivity contribution in [3.8, 4) is 0 Å². The Morgan fingerprint density at radius 3 is 2.31 bits per heavy atom. The Labute approximate surface area is 177 Å². The first-order valence-corrected chi connectivity index (χ1v) is 9.34. The normalized spacial score (nSPS) is 12.2. The molecule has 0 saturated heterocycles. The maximum atomic E-state index is 12.4. The van der Waals surface area contributed by atoms with E-state index in [1.54, 1.807) is 18.2 Å². The fourth-order valence-corrected chi connectivity index (χ4v) is 2.73. The van der Waals surface area contributed by atoms with Crippen LogP contribution in [-0.4, -0.2) is 21.0 Å². The van der Waals surface area contributed by atoms with Crippen LogP contribution in [0.3, 0.4) is 0 Å². The van der Waals surface area contributed by atoms with Crippen LogP contribution in [0.5, 0.6) is 0 Å². The van der Waals surface area contributed by atoms with Gasteiger partial charge in [-0.25, -0.2) is 0 Å². The number of nitrogens with one attached hydrogen (secondary N) is 3. The topological polar surface area (TPSA) is 53.2 Å². The van der Waals surface area contributed by atoms with Crippen molar-refractivity contribution in [3.63, 3.8) is 0 Å². The van der Waals surface area contributed by atoms with Gasteiger partial charge in [-0.15, -0.1) is 0 Å². The zero-order valence-corrected chi connectivity index (χ0v) is 17.4. The predicted molar refractivity (Wildman–Crippen MR) is 114 cm³/mol. The summed E-state index contributed by atoms with van der Waals surface area (Å²) in [6.45, 7) is 1.98. The third-order valence-electron chi connectivity index (χ3n) is 3.27. The smallest absolute Gasteiger partial charge is 0.253 e. The summed E-state index contributed by atoms with van der Waals surface area (Å²) in [7, 11) is 0. The van der Waals surface area contributed by atoms with Crippen molar-refractivity contribution >= 4 is 75.3 Å². The lowest BCUT2D eigenvalue weighted by Gasteiger charge is -2.27. The van der Waals surface area contributed by atoms with Gasteiger partial charge in [-0.2, -0.15) is 0 Å². The fraction of sp³-hybridized carbons (Fsp3) is 0.176. The van der Waals surface area contributed by atoms with Crippen LogP contribution < -0.4 is 16.0 Å². The first-order valence-electron chi connectivity index (χ1n) is 7.42. The number of carbonyl (C=O) groups is 1. The second-order valence-electron chi connectivity index (χ2n) is 5.42. The molecule has 1 unspecified atom stereocenters. The zero-order valence-electron chi connectivity index (χ0n) is 13.5. The molecule has 4 nitrogen and oxygen atoms in total. The highest BCUT2D eigenvalue weighted by Gasteiger charge is 2.34. The number of carbonyl (C=O) groups excluding carboxylic acids is 1. The van der Waals surface area contributed by atoms with Gasteiger partial charge < -0.3 is 16.0 Å². The van der Waals surface area contributed by atoms with Crippen LogP contribution in [0.15, 0.2) is 48.5 Å². The van der Waals surface area contributed by atoms with Crippen molar-refractivity contribution in [2.24, 2.45) is 0 Å². The van der Waals surface area contributed by atoms with E-state index < -0.39 is 15.9 Å². The van der Waals surface area contributed by atoms with Gasteiger partial charge >= 0.3 is 0 Å². The quantitative estimate of drug-likeness (QED) is 0.346. The highest BCUT2D eigenvalue weighted by Crippen LogP contribution is 2.29. The molecule has 0 radical (unpaired) electrons. The molecule has 0 aliphatic carbocycles. The van der Waals surface area contributed by atoms with Gasteiger partial charge in [0.2, 0.25) is 3.79 Å². The van der Waals surface area contributed by atoms with Crippen LogP contribution in [-0.2, 0) is 0 Å². The summed E-state index contributed by atoms with van der Waals surface area (Å²) >= 11 is 29.0. The molecule has 138 valence electrons. The molecular weight excluding hydrogens is 436 g/mol. The highest BCUT2D eigenvalue weighted by atomic mass is 35.6. The van der Waals surface area contributed by atoms with Crippen LogP contribution in [0, 0.1) is 6.92 Å². The summed E-state index contributed by atoms with van der Waals surface area (Å²) < 4.78 is -1.84. The predicted octanol–water partition coefficient (Wildman–Crippen LogP) is 5.06. The minimum atomic E-state index is -1.84. The third-order valence-corrected chi connectivity index (χ3v) is 4.38. The van der Waals surface area contributed by atoms with Crippen LogP contribution >= 0.6 is 58.6 Å². The monoisotopic (exact) mass is 449 g/mol. The molecule has 3 N–H and O–H groups in total. The third kappa shape index (κ3) is 6.49. The van der Waals surface area contributed by atoms with E-state index in [-0.39, 0.29) is 5.11 Å². The summed E-state index contributed by atoms with van der Waals surface area (Å²) in [5.74, 6) is -0.463. The summed E-state index contributed by atoms with van der Waals surface area (Å²) in [6, 6.07) is 14.0. The largest absolute Gasteiger partial charge is 0.339 e. The number of aryl methyl sites for hydroxylation is 1. The van der Waals surface area contributed by atoms with E-state index in [0.717, 1.165) is 11.3 Å². The average molecular weight is 451 g/mol. The number of anilines is 1. The van der Waals surface area contributed by atoms with E-state index in [0.29, 0.717) is 10.6 Å². The molecule has 1 atom stereocenters. The molecular formula is C17H15Cl4N3OS. The van der Waals surface area contributed by atoms with Crippen LogP contribution in [0.4, 0.5) is 5.69 Å². The number of hydrogen-bond donors (Lipinski definition) is 3. The molecule has 2 aromatic rings. The van der Waals surface area contributed by atoms with Gasteiger partial charge in [-0.1, -0.05) is 70.2 Å². The minimum Gasteiger partial charge on any atom is -0.339 e. The van der Waals surface area contributed by atoms with E-state index in [9.17, 15) is 4.79 Å². The number of benzene rings is 2. The molecule has 0 fully saturated rings. The first kappa shape index (κ1) is 21.1. The first-order chi connectivity index (χ1) is 12.1. The van der Waals surface area contributed by atoms with E-state index in [2.05, 4.69) is 16.0 Å². The Bertz CT molecular complexity index is 793. The summed E-state index contributed by atoms with van der Waals surface area (Å²) in [4.78, 5) is 12.4. The summed E-state index contributed by atoms with van der Waals surface area (Å²) in [5, 5.41) is 8.97. The Kier molecular flexibility index (Phi) is 7.38. The second kappa shape index (κ2) is 9.11. The van der Waals surface area contributed by atoms with E-state index in [1.165, 1.54) is 6.07 Å². The van der Waals surface area contributed by atoms with Crippen molar-refractivity contribution < 1.29 is 4.79 Å². The SMILES string of the molecule is Cc1ccc(NC(=S)NC(NC(=O)c2cccc(Cl)c2)C(Cl)(Cl)Cl)cc1. The van der Waals surface area contributed by atoms with Crippen molar-refractivity contribution in [3.05, 3.63) is 64.7 Å². The number of thiocarbonyl (C=S) groups is 1. The lowest BCUT2D eigenvalue weighted by molar-refractivity contribution is 0.0934. The molecule has 9 heteroatoms. The van der Waals surface area contributed by atoms with Crippen molar-refractivity contribution in [1.82, 2.24) is 10.6 Å². The summed E-state index contributed by atoms with van der Waals surface area (Å²) in [5.41, 5.74) is 2.20. The molecule has 1 amide bonds. The molecule has 2 aromatic carbocycles. The maximum Gasteiger partial charge on any atom is 0.253 e. The van der Waals surface area contributed by atoms with Gasteiger partial charge in [0.05, 0.1) is 0 Å². The summed E-state index contributed by atoms with van der Waals surface area (Å²) in [6.07, 6.45) is -1.07. The van der Waals surface area contributed by atoms with Gasteiger partial charge in [0.15, 0.2) is 5.11 Å². The van der Waals surface area contributed by atoms with Crippen molar-refractivity contribution in [1.29, 1.82) is 0 Å². The van der Waals surface area contributed by atoms with Gasteiger partial charge in [0, 0.05) is 16.3 Å².